The third-order valence-electron chi connectivity index (χ3n) is 2.51. The molecule has 0 fully saturated rings. The smallest absolute Gasteiger partial charge is 0.335 e. The fourth-order valence-corrected chi connectivity index (χ4v) is 1.65. The first-order chi connectivity index (χ1) is 8.60. The molecular weight excluding hydrogens is 230 g/mol. The van der Waals surface area contributed by atoms with Crippen LogP contribution in [0.2, 0.25) is 0 Å². The van der Waals surface area contributed by atoms with Crippen molar-refractivity contribution in [2.24, 2.45) is 0 Å². The number of carbonyl (C=O) groups is 1. The van der Waals surface area contributed by atoms with Crippen molar-refractivity contribution in [2.75, 3.05) is 0 Å². The van der Waals surface area contributed by atoms with Crippen molar-refractivity contribution >= 4 is 5.97 Å². The minimum atomic E-state index is -0.991. The van der Waals surface area contributed by atoms with Gasteiger partial charge >= 0.3 is 5.97 Å². The Hall–Kier alpha value is -2.80. The van der Waals surface area contributed by atoms with Gasteiger partial charge in [0.25, 0.3) is 0 Å². The van der Waals surface area contributed by atoms with Crippen LogP contribution >= 0.6 is 0 Å². The molecule has 4 heteroatoms. The van der Waals surface area contributed by atoms with Crippen LogP contribution in [0.15, 0.2) is 42.5 Å². The van der Waals surface area contributed by atoms with Crippen LogP contribution in [-0.2, 0) is 0 Å². The zero-order valence-electron chi connectivity index (χ0n) is 9.29. The summed E-state index contributed by atoms with van der Waals surface area (Å²) in [6.45, 7) is 0. The van der Waals surface area contributed by atoms with Gasteiger partial charge in [-0.1, -0.05) is 12.1 Å². The number of carboxylic acids is 1. The number of nitriles is 1. The number of aromatic carboxylic acids is 1. The monoisotopic (exact) mass is 239 g/mol. The molecule has 0 atom stereocenters. The summed E-state index contributed by atoms with van der Waals surface area (Å²) in [6.07, 6.45) is 0. The predicted octanol–water partition coefficient (Wildman–Crippen LogP) is 2.63. The first-order valence-electron chi connectivity index (χ1n) is 5.18. The molecule has 2 aromatic rings. The van der Waals surface area contributed by atoms with Gasteiger partial charge in [-0.3, -0.25) is 0 Å². The van der Waals surface area contributed by atoms with Crippen molar-refractivity contribution in [3.8, 4) is 22.9 Å². The van der Waals surface area contributed by atoms with E-state index in [1.807, 2.05) is 6.07 Å². The normalized spacial score (nSPS) is 9.72. The van der Waals surface area contributed by atoms with Gasteiger partial charge < -0.3 is 10.2 Å². The van der Waals surface area contributed by atoms with E-state index in [1.165, 1.54) is 24.3 Å². The third-order valence-corrected chi connectivity index (χ3v) is 2.51. The number of aromatic hydroxyl groups is 1. The summed E-state index contributed by atoms with van der Waals surface area (Å²) >= 11 is 0. The van der Waals surface area contributed by atoms with Gasteiger partial charge in [0.15, 0.2) is 0 Å². The molecule has 18 heavy (non-hydrogen) atoms. The van der Waals surface area contributed by atoms with E-state index in [2.05, 4.69) is 0 Å². The Bertz CT molecular complexity index is 639. The minimum Gasteiger partial charge on any atom is -0.508 e. The van der Waals surface area contributed by atoms with Crippen molar-refractivity contribution in [1.82, 2.24) is 0 Å². The Labute approximate surface area is 103 Å². The highest BCUT2D eigenvalue weighted by Crippen LogP contribution is 2.25. The molecule has 0 aliphatic carbocycles. The van der Waals surface area contributed by atoms with Crippen molar-refractivity contribution in [2.45, 2.75) is 0 Å². The molecule has 0 saturated heterocycles. The molecule has 0 aromatic heterocycles. The lowest BCUT2D eigenvalue weighted by molar-refractivity contribution is 0.0697. The number of carboxylic acid groups (broad SMARTS) is 1. The second-order valence-corrected chi connectivity index (χ2v) is 3.76. The highest BCUT2D eigenvalue weighted by molar-refractivity contribution is 5.88. The highest BCUT2D eigenvalue weighted by Gasteiger charge is 2.05. The van der Waals surface area contributed by atoms with Crippen LogP contribution in [0.5, 0.6) is 5.75 Å². The van der Waals surface area contributed by atoms with Gasteiger partial charge in [-0.2, -0.15) is 5.26 Å². The molecule has 2 aromatic carbocycles. The molecular formula is C14H9NO3. The molecule has 0 radical (unpaired) electrons. The number of phenols is 1. The molecule has 0 aliphatic rings. The number of phenolic OH excluding ortho intramolecular Hbond substituents is 1. The lowest BCUT2D eigenvalue weighted by atomic mass is 10.0. The third kappa shape index (κ3) is 2.30. The fourth-order valence-electron chi connectivity index (χ4n) is 1.65. The second kappa shape index (κ2) is 4.60. The number of nitrogens with zero attached hydrogens (tertiary/aromatic N) is 1. The van der Waals surface area contributed by atoms with E-state index >= 15 is 0 Å². The molecule has 0 aliphatic heterocycles. The van der Waals surface area contributed by atoms with E-state index in [0.29, 0.717) is 11.1 Å². The molecule has 0 saturated carbocycles. The maximum atomic E-state index is 10.7. The Morgan fingerprint density at radius 3 is 2.28 bits per heavy atom. The second-order valence-electron chi connectivity index (χ2n) is 3.76. The number of hydrogen-bond acceptors (Lipinski definition) is 3. The van der Waals surface area contributed by atoms with Crippen LogP contribution in [0.4, 0.5) is 0 Å². The van der Waals surface area contributed by atoms with Crippen molar-refractivity contribution in [3.63, 3.8) is 0 Å². The summed E-state index contributed by atoms with van der Waals surface area (Å²) < 4.78 is 0. The lowest BCUT2D eigenvalue weighted by Gasteiger charge is -2.04. The summed E-state index contributed by atoms with van der Waals surface area (Å²) in [5.74, 6) is -0.985. The van der Waals surface area contributed by atoms with E-state index in [1.54, 1.807) is 18.2 Å². The van der Waals surface area contributed by atoms with E-state index < -0.39 is 5.97 Å². The topological polar surface area (TPSA) is 81.3 Å². The summed E-state index contributed by atoms with van der Waals surface area (Å²) in [5, 5.41) is 27.1. The lowest BCUT2D eigenvalue weighted by Crippen LogP contribution is -1.94. The quantitative estimate of drug-likeness (QED) is 0.844. The van der Waals surface area contributed by atoms with Gasteiger partial charge in [-0.05, 0) is 41.5 Å². The predicted molar refractivity (Wildman–Crippen MR) is 65.2 cm³/mol. The van der Waals surface area contributed by atoms with Crippen LogP contribution in [0.3, 0.4) is 0 Å². The summed E-state index contributed by atoms with van der Waals surface area (Å²) in [7, 11) is 0. The van der Waals surface area contributed by atoms with Gasteiger partial charge in [-0.15, -0.1) is 0 Å². The summed E-state index contributed by atoms with van der Waals surface area (Å²) in [6, 6.07) is 12.7. The van der Waals surface area contributed by atoms with E-state index in [9.17, 15) is 9.90 Å². The standard InChI is InChI=1S/C14H9NO3/c15-8-9-5-12(7-13(16)6-9)10-1-3-11(4-2-10)14(17)18/h1-7,16H,(H,17,18). The molecule has 0 spiro atoms. The largest absolute Gasteiger partial charge is 0.508 e. The zero-order chi connectivity index (χ0) is 13.1. The SMILES string of the molecule is N#Cc1cc(O)cc(-c2ccc(C(=O)O)cc2)c1. The first-order valence-corrected chi connectivity index (χ1v) is 5.18. The number of rotatable bonds is 2. The van der Waals surface area contributed by atoms with E-state index in [0.717, 1.165) is 5.56 Å². The van der Waals surface area contributed by atoms with E-state index in [-0.39, 0.29) is 11.3 Å². The van der Waals surface area contributed by atoms with E-state index in [4.69, 9.17) is 10.4 Å². The van der Waals surface area contributed by atoms with Gasteiger partial charge in [0.1, 0.15) is 5.75 Å². The van der Waals surface area contributed by atoms with Gasteiger partial charge in [0.05, 0.1) is 17.2 Å². The Morgan fingerprint density at radius 2 is 1.72 bits per heavy atom. The molecule has 0 amide bonds. The van der Waals surface area contributed by atoms with Crippen molar-refractivity contribution in [3.05, 3.63) is 53.6 Å². The zero-order valence-corrected chi connectivity index (χ0v) is 9.29. The van der Waals surface area contributed by atoms with Crippen LogP contribution < -0.4 is 0 Å². The van der Waals surface area contributed by atoms with Crippen LogP contribution in [0.25, 0.3) is 11.1 Å². The average molecular weight is 239 g/mol. The van der Waals surface area contributed by atoms with Crippen molar-refractivity contribution < 1.29 is 15.0 Å². The molecule has 2 rings (SSSR count). The van der Waals surface area contributed by atoms with Gasteiger partial charge in [-0.25, -0.2) is 4.79 Å². The average Bonchev–Trinajstić information content (AvgIpc) is 2.38. The molecule has 0 bridgehead atoms. The van der Waals surface area contributed by atoms with Crippen LogP contribution in [-0.4, -0.2) is 16.2 Å². The Balaban J connectivity index is 2.46. The summed E-state index contributed by atoms with van der Waals surface area (Å²) in [5.41, 5.74) is 1.96. The molecule has 2 N–H and O–H groups in total. The number of benzene rings is 2. The van der Waals surface area contributed by atoms with Crippen LogP contribution in [0.1, 0.15) is 15.9 Å². The summed E-state index contributed by atoms with van der Waals surface area (Å²) in [4.78, 5) is 10.7. The Morgan fingerprint density at radius 1 is 1.06 bits per heavy atom. The Kier molecular flexibility index (Phi) is 2.98. The molecule has 88 valence electrons. The fraction of sp³-hybridized carbons (Fsp3) is 0. The van der Waals surface area contributed by atoms with Crippen LogP contribution in [0, 0.1) is 11.3 Å². The maximum Gasteiger partial charge on any atom is 0.335 e. The minimum absolute atomic E-state index is 0.00589. The van der Waals surface area contributed by atoms with Gasteiger partial charge in [0.2, 0.25) is 0 Å². The molecule has 4 nitrogen and oxygen atoms in total. The molecule has 0 unspecified atom stereocenters. The number of hydrogen-bond donors (Lipinski definition) is 2. The first kappa shape index (κ1) is 11.7. The van der Waals surface area contributed by atoms with Gasteiger partial charge in [0, 0.05) is 0 Å². The molecule has 0 heterocycles. The highest BCUT2D eigenvalue weighted by atomic mass is 16.4. The maximum absolute atomic E-state index is 10.7. The van der Waals surface area contributed by atoms with Crippen molar-refractivity contribution in [1.29, 1.82) is 5.26 Å².